The van der Waals surface area contributed by atoms with Gasteiger partial charge >= 0.3 is 6.18 Å². The van der Waals surface area contributed by atoms with Crippen LogP contribution >= 0.6 is 0 Å². The highest BCUT2D eigenvalue weighted by molar-refractivity contribution is 5.24. The first-order valence-electron chi connectivity index (χ1n) is 7.41. The molecule has 122 valence electrons. The molecule has 1 saturated heterocycles. The lowest BCUT2D eigenvalue weighted by Gasteiger charge is -2.36. The first kappa shape index (κ1) is 15.9. The Bertz CT molecular complexity index is 645. The summed E-state index contributed by atoms with van der Waals surface area (Å²) in [6.07, 6.45) is 0.464. The maximum atomic E-state index is 13.1. The van der Waals surface area contributed by atoms with Gasteiger partial charge in [0.15, 0.2) is 0 Å². The van der Waals surface area contributed by atoms with Gasteiger partial charge in [-0.05, 0) is 23.8 Å². The third kappa shape index (κ3) is 3.68. The van der Waals surface area contributed by atoms with Crippen LogP contribution in [-0.2, 0) is 12.7 Å². The second kappa shape index (κ2) is 6.64. The Kier molecular flexibility index (Phi) is 4.58. The maximum absolute atomic E-state index is 13.1. The standard InChI is InChI=1S/C16H17F3N4/c17-16(18,19)13-4-2-6-22-14(13)11-23-8-7-21-10-15(23)12-3-1-5-20-9-12/h1-6,9,15,21H,7-8,10-11H2. The highest BCUT2D eigenvalue weighted by Crippen LogP contribution is 2.32. The predicted octanol–water partition coefficient (Wildman–Crippen LogP) is 2.64. The van der Waals surface area contributed by atoms with Gasteiger partial charge in [-0.25, -0.2) is 0 Å². The SMILES string of the molecule is FC(F)(F)c1cccnc1CN1CCNCC1c1cccnc1. The summed E-state index contributed by atoms with van der Waals surface area (Å²) in [6, 6.07) is 6.18. The second-order valence-electron chi connectivity index (χ2n) is 5.47. The lowest BCUT2D eigenvalue weighted by Crippen LogP contribution is -2.45. The third-order valence-electron chi connectivity index (χ3n) is 3.97. The van der Waals surface area contributed by atoms with E-state index in [1.165, 1.54) is 12.3 Å². The van der Waals surface area contributed by atoms with E-state index in [9.17, 15) is 13.2 Å². The monoisotopic (exact) mass is 322 g/mol. The van der Waals surface area contributed by atoms with Crippen molar-refractivity contribution in [3.8, 4) is 0 Å². The number of rotatable bonds is 3. The minimum atomic E-state index is -4.39. The minimum absolute atomic E-state index is 0.0134. The molecular formula is C16H17F3N4. The van der Waals surface area contributed by atoms with Crippen LogP contribution in [-0.4, -0.2) is 34.5 Å². The first-order chi connectivity index (χ1) is 11.1. The van der Waals surface area contributed by atoms with Crippen LogP contribution in [0.15, 0.2) is 42.9 Å². The zero-order valence-electron chi connectivity index (χ0n) is 12.4. The van der Waals surface area contributed by atoms with Gasteiger partial charge in [-0.15, -0.1) is 0 Å². The van der Waals surface area contributed by atoms with E-state index in [2.05, 4.69) is 15.3 Å². The van der Waals surface area contributed by atoms with Gasteiger partial charge in [0.1, 0.15) is 0 Å². The topological polar surface area (TPSA) is 41.1 Å². The van der Waals surface area contributed by atoms with Gasteiger partial charge in [-0.2, -0.15) is 13.2 Å². The fraction of sp³-hybridized carbons (Fsp3) is 0.375. The van der Waals surface area contributed by atoms with Crippen molar-refractivity contribution in [3.05, 3.63) is 59.7 Å². The highest BCUT2D eigenvalue weighted by atomic mass is 19.4. The molecule has 1 aliphatic rings. The lowest BCUT2D eigenvalue weighted by atomic mass is 10.0. The normalized spacial score (nSPS) is 19.7. The minimum Gasteiger partial charge on any atom is -0.314 e. The van der Waals surface area contributed by atoms with E-state index >= 15 is 0 Å². The number of hydrogen-bond donors (Lipinski definition) is 1. The van der Waals surface area contributed by atoms with Crippen LogP contribution < -0.4 is 5.32 Å². The molecule has 0 bridgehead atoms. The smallest absolute Gasteiger partial charge is 0.314 e. The molecule has 4 nitrogen and oxygen atoms in total. The summed E-state index contributed by atoms with van der Waals surface area (Å²) in [5.74, 6) is 0. The summed E-state index contributed by atoms with van der Waals surface area (Å²) < 4.78 is 39.4. The number of piperazine rings is 1. The number of alkyl halides is 3. The molecular weight excluding hydrogens is 305 g/mol. The number of pyridine rings is 2. The van der Waals surface area contributed by atoms with Crippen molar-refractivity contribution in [3.63, 3.8) is 0 Å². The first-order valence-corrected chi connectivity index (χ1v) is 7.41. The van der Waals surface area contributed by atoms with Crippen LogP contribution in [0.2, 0.25) is 0 Å². The summed E-state index contributed by atoms with van der Waals surface area (Å²) in [5.41, 5.74) is 0.392. The van der Waals surface area contributed by atoms with Gasteiger partial charge in [0.25, 0.3) is 0 Å². The number of nitrogens with one attached hydrogen (secondary N) is 1. The van der Waals surface area contributed by atoms with Gasteiger partial charge in [-0.3, -0.25) is 14.9 Å². The second-order valence-corrected chi connectivity index (χ2v) is 5.47. The van der Waals surface area contributed by atoms with Crippen molar-refractivity contribution in [2.45, 2.75) is 18.8 Å². The van der Waals surface area contributed by atoms with Gasteiger partial charge in [0.2, 0.25) is 0 Å². The molecule has 1 unspecified atom stereocenters. The zero-order valence-corrected chi connectivity index (χ0v) is 12.4. The fourth-order valence-corrected chi connectivity index (χ4v) is 2.85. The summed E-state index contributed by atoms with van der Waals surface area (Å²) in [6.45, 7) is 2.25. The van der Waals surface area contributed by atoms with Crippen LogP contribution in [0, 0.1) is 0 Å². The largest absolute Gasteiger partial charge is 0.418 e. The summed E-state index contributed by atoms with van der Waals surface area (Å²) in [7, 11) is 0. The lowest BCUT2D eigenvalue weighted by molar-refractivity contribution is -0.138. The summed E-state index contributed by atoms with van der Waals surface area (Å²) >= 11 is 0. The van der Waals surface area contributed by atoms with Crippen molar-refractivity contribution in [1.29, 1.82) is 0 Å². The maximum Gasteiger partial charge on any atom is 0.418 e. The molecule has 3 rings (SSSR count). The molecule has 2 aromatic heterocycles. The third-order valence-corrected chi connectivity index (χ3v) is 3.97. The van der Waals surface area contributed by atoms with Crippen molar-refractivity contribution >= 4 is 0 Å². The quantitative estimate of drug-likeness (QED) is 0.943. The fourth-order valence-electron chi connectivity index (χ4n) is 2.85. The number of halogens is 3. The molecule has 0 spiro atoms. The van der Waals surface area contributed by atoms with E-state index in [1.54, 1.807) is 12.4 Å². The molecule has 2 aromatic rings. The van der Waals surface area contributed by atoms with E-state index in [0.717, 1.165) is 18.2 Å². The van der Waals surface area contributed by atoms with E-state index in [-0.39, 0.29) is 18.3 Å². The molecule has 0 aromatic carbocycles. The van der Waals surface area contributed by atoms with Crippen LogP contribution in [0.5, 0.6) is 0 Å². The van der Waals surface area contributed by atoms with Crippen molar-refractivity contribution in [2.24, 2.45) is 0 Å². The van der Waals surface area contributed by atoms with Gasteiger partial charge in [0.05, 0.1) is 11.3 Å². The number of hydrogen-bond acceptors (Lipinski definition) is 4. The van der Waals surface area contributed by atoms with Crippen LogP contribution in [0.1, 0.15) is 22.9 Å². The average Bonchev–Trinajstić information content (AvgIpc) is 2.56. The molecule has 1 atom stereocenters. The van der Waals surface area contributed by atoms with Gasteiger partial charge in [0, 0.05) is 50.8 Å². The molecule has 3 heterocycles. The Hall–Kier alpha value is -1.99. The Morgan fingerprint density at radius 3 is 2.78 bits per heavy atom. The molecule has 7 heteroatoms. The van der Waals surface area contributed by atoms with E-state index in [1.807, 2.05) is 17.0 Å². The van der Waals surface area contributed by atoms with E-state index < -0.39 is 11.7 Å². The van der Waals surface area contributed by atoms with Crippen molar-refractivity contribution in [1.82, 2.24) is 20.2 Å². The predicted molar refractivity (Wildman–Crippen MR) is 79.5 cm³/mol. The van der Waals surface area contributed by atoms with Gasteiger partial charge in [-0.1, -0.05) is 6.07 Å². The molecule has 0 aliphatic carbocycles. The molecule has 0 amide bonds. The highest BCUT2D eigenvalue weighted by Gasteiger charge is 2.35. The van der Waals surface area contributed by atoms with E-state index in [0.29, 0.717) is 13.1 Å². The molecule has 1 fully saturated rings. The molecule has 0 radical (unpaired) electrons. The zero-order chi connectivity index (χ0) is 16.3. The summed E-state index contributed by atoms with van der Waals surface area (Å²) in [5, 5.41) is 3.28. The Labute approximate surface area is 132 Å². The van der Waals surface area contributed by atoms with Crippen LogP contribution in [0.25, 0.3) is 0 Å². The molecule has 23 heavy (non-hydrogen) atoms. The van der Waals surface area contributed by atoms with E-state index in [4.69, 9.17) is 0 Å². The van der Waals surface area contributed by atoms with Crippen molar-refractivity contribution in [2.75, 3.05) is 19.6 Å². The van der Waals surface area contributed by atoms with Crippen molar-refractivity contribution < 1.29 is 13.2 Å². The molecule has 1 aliphatic heterocycles. The summed E-state index contributed by atoms with van der Waals surface area (Å²) in [4.78, 5) is 10.1. The van der Waals surface area contributed by atoms with Gasteiger partial charge < -0.3 is 5.32 Å². The molecule has 0 saturated carbocycles. The Balaban J connectivity index is 1.86. The molecule has 1 N–H and O–H groups in total. The Morgan fingerprint density at radius 2 is 2.04 bits per heavy atom. The average molecular weight is 322 g/mol. The Morgan fingerprint density at radius 1 is 1.22 bits per heavy atom. The number of aromatic nitrogens is 2. The number of nitrogens with zero attached hydrogens (tertiary/aromatic N) is 3. The van der Waals surface area contributed by atoms with Crippen LogP contribution in [0.4, 0.5) is 13.2 Å². The van der Waals surface area contributed by atoms with Crippen LogP contribution in [0.3, 0.4) is 0 Å².